The number of carboxylic acids is 1. The molecule has 7 nitrogen and oxygen atoms in total. The molecule has 0 aliphatic carbocycles. The minimum absolute atomic E-state index is 0.394. The summed E-state index contributed by atoms with van der Waals surface area (Å²) in [5, 5.41) is 20.5. The first-order chi connectivity index (χ1) is 8.25. The van der Waals surface area contributed by atoms with E-state index in [2.05, 4.69) is 5.32 Å². The van der Waals surface area contributed by atoms with Crippen LogP contribution in [0.4, 0.5) is 4.79 Å². The monoisotopic (exact) mass is 260 g/mol. The van der Waals surface area contributed by atoms with Crippen LogP contribution in [-0.2, 0) is 9.53 Å². The van der Waals surface area contributed by atoms with E-state index < -0.39 is 29.7 Å². The number of carboxylic acid groups (broad SMARTS) is 1. The Kier molecular flexibility index (Phi) is 4.53. The molecule has 104 valence electrons. The van der Waals surface area contributed by atoms with E-state index in [1.165, 1.54) is 11.8 Å². The van der Waals surface area contributed by atoms with Crippen molar-refractivity contribution in [3.05, 3.63) is 0 Å². The molecule has 0 spiro atoms. The first-order valence-electron chi connectivity index (χ1n) is 5.82. The zero-order valence-corrected chi connectivity index (χ0v) is 10.8. The fraction of sp³-hybridized carbons (Fsp3) is 0.818. The van der Waals surface area contributed by atoms with Crippen LogP contribution in [0.5, 0.6) is 0 Å². The van der Waals surface area contributed by atoms with Gasteiger partial charge in [0.15, 0.2) is 6.04 Å². The predicted molar refractivity (Wildman–Crippen MR) is 63.2 cm³/mol. The maximum absolute atomic E-state index is 12.0. The lowest BCUT2D eigenvalue weighted by Crippen LogP contribution is -2.61. The van der Waals surface area contributed by atoms with Crippen molar-refractivity contribution in [2.75, 3.05) is 19.8 Å². The molecule has 7 heteroatoms. The van der Waals surface area contributed by atoms with Crippen molar-refractivity contribution >= 4 is 12.0 Å². The lowest BCUT2D eigenvalue weighted by Gasteiger charge is -2.42. The van der Waals surface area contributed by atoms with Crippen LogP contribution < -0.4 is 5.32 Å². The van der Waals surface area contributed by atoms with Crippen LogP contribution in [0.25, 0.3) is 0 Å². The number of morpholine rings is 1. The summed E-state index contributed by atoms with van der Waals surface area (Å²) < 4.78 is 5.28. The Morgan fingerprint density at radius 1 is 1.44 bits per heavy atom. The Bertz CT molecular complexity index is 329. The molecular weight excluding hydrogens is 240 g/mol. The van der Waals surface area contributed by atoms with Gasteiger partial charge < -0.3 is 25.2 Å². The Morgan fingerprint density at radius 3 is 2.50 bits per heavy atom. The Balaban J connectivity index is 2.71. The minimum Gasteiger partial charge on any atom is -0.480 e. The number of nitrogens with one attached hydrogen (secondary N) is 1. The van der Waals surface area contributed by atoms with Crippen molar-refractivity contribution in [3.63, 3.8) is 0 Å². The van der Waals surface area contributed by atoms with Gasteiger partial charge in [0.1, 0.15) is 0 Å². The van der Waals surface area contributed by atoms with E-state index in [9.17, 15) is 14.7 Å². The second-order valence-electron chi connectivity index (χ2n) is 5.02. The second kappa shape index (κ2) is 5.53. The Morgan fingerprint density at radius 2 is 2.06 bits per heavy atom. The van der Waals surface area contributed by atoms with Crippen LogP contribution in [0.3, 0.4) is 0 Å². The fourth-order valence-electron chi connectivity index (χ4n) is 1.83. The van der Waals surface area contributed by atoms with Crippen molar-refractivity contribution in [3.8, 4) is 0 Å². The fourth-order valence-corrected chi connectivity index (χ4v) is 1.83. The summed E-state index contributed by atoms with van der Waals surface area (Å²) in [6.07, 6.45) is -1.16. The molecule has 0 aromatic heterocycles. The van der Waals surface area contributed by atoms with Crippen molar-refractivity contribution in [1.82, 2.24) is 10.2 Å². The Labute approximate surface area is 106 Å². The quantitative estimate of drug-likeness (QED) is 0.643. The van der Waals surface area contributed by atoms with Gasteiger partial charge in [-0.2, -0.15) is 0 Å². The molecular formula is C11H20N2O5. The molecule has 18 heavy (non-hydrogen) atoms. The van der Waals surface area contributed by atoms with Crippen LogP contribution in [0.2, 0.25) is 0 Å². The molecule has 0 aromatic carbocycles. The normalized spacial score (nSPS) is 22.1. The third-order valence-corrected chi connectivity index (χ3v) is 2.92. The standard InChI is InChI=1S/C11H20N2O5/c1-7(14)8(9(15)16)12-10(17)13-4-5-18-6-11(13,2)3/h7-8,14H,4-6H2,1-3H3,(H,12,17)(H,15,16). The van der Waals surface area contributed by atoms with E-state index >= 15 is 0 Å². The molecule has 1 aliphatic rings. The van der Waals surface area contributed by atoms with Crippen molar-refractivity contribution in [1.29, 1.82) is 0 Å². The number of urea groups is 1. The molecule has 0 aromatic rings. The van der Waals surface area contributed by atoms with Gasteiger partial charge in [-0.3, -0.25) is 0 Å². The molecule has 0 saturated carbocycles. The zero-order chi connectivity index (χ0) is 13.9. The molecule has 2 atom stereocenters. The number of nitrogens with zero attached hydrogens (tertiary/aromatic N) is 1. The summed E-state index contributed by atoms with van der Waals surface area (Å²) in [4.78, 5) is 24.4. The molecule has 1 aliphatic heterocycles. The van der Waals surface area contributed by atoms with Crippen LogP contribution in [0.15, 0.2) is 0 Å². The molecule has 3 N–H and O–H groups in total. The van der Waals surface area contributed by atoms with E-state index in [1.54, 1.807) is 0 Å². The Hall–Kier alpha value is -1.34. The number of carbonyl (C=O) groups is 2. The van der Waals surface area contributed by atoms with E-state index in [1.807, 2.05) is 13.8 Å². The third kappa shape index (κ3) is 3.33. The third-order valence-electron chi connectivity index (χ3n) is 2.92. The average Bonchev–Trinajstić information content (AvgIpc) is 2.23. The van der Waals surface area contributed by atoms with Crippen molar-refractivity contribution in [2.45, 2.75) is 38.5 Å². The van der Waals surface area contributed by atoms with Gasteiger partial charge in [-0.15, -0.1) is 0 Å². The predicted octanol–water partition coefficient (Wildman–Crippen LogP) is -0.359. The highest BCUT2D eigenvalue weighted by Gasteiger charge is 2.36. The lowest BCUT2D eigenvalue weighted by molar-refractivity contribution is -0.142. The summed E-state index contributed by atoms with van der Waals surface area (Å²) in [5.74, 6) is -1.26. The SMILES string of the molecule is CC(O)C(NC(=O)N1CCOCC1(C)C)C(=O)O. The second-order valence-corrected chi connectivity index (χ2v) is 5.02. The number of hydrogen-bond donors (Lipinski definition) is 3. The summed E-state index contributed by atoms with van der Waals surface area (Å²) in [7, 11) is 0. The maximum atomic E-state index is 12.0. The van der Waals surface area contributed by atoms with Gasteiger partial charge in [0.2, 0.25) is 0 Å². The first-order valence-corrected chi connectivity index (χ1v) is 5.82. The summed E-state index contributed by atoms with van der Waals surface area (Å²) in [6, 6.07) is -1.81. The highest BCUT2D eigenvalue weighted by Crippen LogP contribution is 2.19. The largest absolute Gasteiger partial charge is 0.480 e. The molecule has 2 unspecified atom stereocenters. The van der Waals surface area contributed by atoms with Crippen LogP contribution in [0.1, 0.15) is 20.8 Å². The van der Waals surface area contributed by atoms with E-state index in [-0.39, 0.29) is 0 Å². The maximum Gasteiger partial charge on any atom is 0.328 e. The summed E-state index contributed by atoms with van der Waals surface area (Å²) in [5.41, 5.74) is -0.496. The smallest absolute Gasteiger partial charge is 0.328 e. The van der Waals surface area contributed by atoms with Gasteiger partial charge in [-0.05, 0) is 20.8 Å². The number of aliphatic hydroxyl groups is 1. The van der Waals surface area contributed by atoms with Crippen LogP contribution >= 0.6 is 0 Å². The highest BCUT2D eigenvalue weighted by molar-refractivity contribution is 5.83. The summed E-state index contributed by atoms with van der Waals surface area (Å²) in [6.45, 7) is 6.21. The number of aliphatic hydroxyl groups excluding tert-OH is 1. The molecule has 1 rings (SSSR count). The number of rotatable bonds is 3. The van der Waals surface area contributed by atoms with Crippen LogP contribution in [0, 0.1) is 0 Å². The number of aliphatic carboxylic acids is 1. The number of amides is 2. The van der Waals surface area contributed by atoms with E-state index in [0.717, 1.165) is 0 Å². The van der Waals surface area contributed by atoms with Gasteiger partial charge >= 0.3 is 12.0 Å². The number of ether oxygens (including phenoxy) is 1. The van der Waals surface area contributed by atoms with Crippen molar-refractivity contribution < 1.29 is 24.5 Å². The number of carbonyl (C=O) groups excluding carboxylic acids is 1. The van der Waals surface area contributed by atoms with Gasteiger partial charge in [-0.25, -0.2) is 9.59 Å². The first kappa shape index (κ1) is 14.7. The van der Waals surface area contributed by atoms with Gasteiger partial charge in [0.05, 0.1) is 24.9 Å². The molecule has 1 saturated heterocycles. The average molecular weight is 260 g/mol. The van der Waals surface area contributed by atoms with Crippen LogP contribution in [-0.4, -0.2) is 64.6 Å². The van der Waals surface area contributed by atoms with Gasteiger partial charge in [0.25, 0.3) is 0 Å². The number of hydrogen-bond acceptors (Lipinski definition) is 4. The topological polar surface area (TPSA) is 99.1 Å². The molecule has 0 radical (unpaired) electrons. The molecule has 0 bridgehead atoms. The zero-order valence-electron chi connectivity index (χ0n) is 10.8. The highest BCUT2D eigenvalue weighted by atomic mass is 16.5. The summed E-state index contributed by atoms with van der Waals surface area (Å²) >= 11 is 0. The van der Waals surface area contributed by atoms with E-state index in [4.69, 9.17) is 9.84 Å². The molecule has 1 fully saturated rings. The lowest BCUT2D eigenvalue weighted by atomic mass is 10.0. The van der Waals surface area contributed by atoms with Crippen molar-refractivity contribution in [2.24, 2.45) is 0 Å². The molecule has 1 heterocycles. The van der Waals surface area contributed by atoms with Gasteiger partial charge in [0, 0.05) is 6.54 Å². The van der Waals surface area contributed by atoms with E-state index in [0.29, 0.717) is 19.8 Å². The van der Waals surface area contributed by atoms with Gasteiger partial charge in [-0.1, -0.05) is 0 Å². The molecule has 2 amide bonds. The minimum atomic E-state index is -1.31.